The molecule has 0 aliphatic carbocycles. The Bertz CT molecular complexity index is 1520. The fourth-order valence-corrected chi connectivity index (χ4v) is 3.50. The molecule has 3 aromatic rings. The van der Waals surface area contributed by atoms with E-state index in [1.807, 2.05) is 0 Å². The van der Waals surface area contributed by atoms with Gasteiger partial charge in [0, 0.05) is 6.20 Å². The molecule has 0 saturated carbocycles. The summed E-state index contributed by atoms with van der Waals surface area (Å²) in [6, 6.07) is 7.16. The molecule has 0 aliphatic rings. The van der Waals surface area contributed by atoms with E-state index < -0.39 is 77.3 Å². The number of halogens is 6. The van der Waals surface area contributed by atoms with Crippen LogP contribution in [0.5, 0.6) is 0 Å². The van der Waals surface area contributed by atoms with Gasteiger partial charge in [-0.2, -0.15) is 26.3 Å². The lowest BCUT2D eigenvalue weighted by Gasteiger charge is -2.14. The van der Waals surface area contributed by atoms with E-state index in [0.29, 0.717) is 4.57 Å². The second-order valence-electron chi connectivity index (χ2n) is 8.25. The van der Waals surface area contributed by atoms with E-state index in [-0.39, 0.29) is 11.1 Å². The summed E-state index contributed by atoms with van der Waals surface area (Å²) in [5.41, 5.74) is -4.61. The highest BCUT2D eigenvalue weighted by atomic mass is 19.4. The Morgan fingerprint density at radius 1 is 0.769 bits per heavy atom. The first-order valence-electron chi connectivity index (χ1n) is 10.9. The number of alkyl halides is 6. The zero-order valence-electron chi connectivity index (χ0n) is 19.9. The Balaban J connectivity index is 2.07. The molecule has 8 nitrogen and oxygen atoms in total. The molecular formula is C25H18F6N2O6. The minimum absolute atomic E-state index is 0.0820. The molecule has 0 unspecified atom stereocenters. The van der Waals surface area contributed by atoms with Crippen LogP contribution in [0.15, 0.2) is 64.3 Å². The van der Waals surface area contributed by atoms with Gasteiger partial charge in [-0.15, -0.1) is 0 Å². The van der Waals surface area contributed by atoms with Crippen LogP contribution in [-0.2, 0) is 39.8 Å². The highest BCUT2D eigenvalue weighted by Gasteiger charge is 2.31. The van der Waals surface area contributed by atoms with Crippen molar-refractivity contribution in [1.29, 1.82) is 0 Å². The minimum Gasteiger partial charge on any atom is -0.463 e. The number of nitrogens with zero attached hydrogens (tertiary/aromatic N) is 2. The number of hydrogen-bond donors (Lipinski definition) is 0. The summed E-state index contributed by atoms with van der Waals surface area (Å²) < 4.78 is 82.9. The van der Waals surface area contributed by atoms with Crippen molar-refractivity contribution in [2.75, 3.05) is 7.11 Å². The maximum atomic E-state index is 13.1. The molecule has 0 saturated heterocycles. The molecule has 1 heterocycles. The number of ether oxygens (including phenoxy) is 1. The summed E-state index contributed by atoms with van der Waals surface area (Å²) in [5, 5.41) is 0. The van der Waals surface area contributed by atoms with Crippen molar-refractivity contribution in [2.45, 2.75) is 31.9 Å². The van der Waals surface area contributed by atoms with Crippen molar-refractivity contribution in [3.05, 3.63) is 103 Å². The third-order valence-corrected chi connectivity index (χ3v) is 5.53. The van der Waals surface area contributed by atoms with Gasteiger partial charge in [-0.1, -0.05) is 24.3 Å². The summed E-state index contributed by atoms with van der Waals surface area (Å²) in [6.45, 7) is -0.982. The average Bonchev–Trinajstić information content (AvgIpc) is 2.87. The quantitative estimate of drug-likeness (QED) is 0.138. The number of rotatable bonds is 8. The minimum atomic E-state index is -4.64. The fraction of sp³-hybridized carbons (Fsp3) is 0.240. The molecule has 0 aliphatic heterocycles. The zero-order chi connectivity index (χ0) is 29.1. The van der Waals surface area contributed by atoms with Crippen molar-refractivity contribution in [1.82, 2.24) is 9.13 Å². The third kappa shape index (κ3) is 6.89. The van der Waals surface area contributed by atoms with Crippen LogP contribution < -0.4 is 11.2 Å². The number of methoxy groups -OCH3 is 1. The van der Waals surface area contributed by atoms with Crippen molar-refractivity contribution >= 4 is 17.5 Å². The van der Waals surface area contributed by atoms with Crippen LogP contribution in [-0.4, -0.2) is 33.8 Å². The average molecular weight is 556 g/mol. The van der Waals surface area contributed by atoms with E-state index in [0.717, 1.165) is 66.4 Å². The number of aromatic nitrogens is 2. The van der Waals surface area contributed by atoms with E-state index in [1.165, 1.54) is 0 Å². The number of esters is 1. The monoisotopic (exact) mass is 556 g/mol. The number of Topliss-reactive ketones (excluding diaryl/α,β-unsaturated/α-hetero) is 2. The van der Waals surface area contributed by atoms with Gasteiger partial charge in [-0.3, -0.25) is 23.5 Å². The molecule has 0 bridgehead atoms. The van der Waals surface area contributed by atoms with Crippen LogP contribution in [0.3, 0.4) is 0 Å². The molecule has 39 heavy (non-hydrogen) atoms. The predicted molar refractivity (Wildman–Crippen MR) is 122 cm³/mol. The largest absolute Gasteiger partial charge is 0.463 e. The van der Waals surface area contributed by atoms with E-state index >= 15 is 0 Å². The molecule has 2 aromatic carbocycles. The first kappa shape index (κ1) is 29.1. The van der Waals surface area contributed by atoms with Gasteiger partial charge >= 0.3 is 24.0 Å². The molecule has 14 heteroatoms. The van der Waals surface area contributed by atoms with Gasteiger partial charge in [-0.25, -0.2) is 9.59 Å². The van der Waals surface area contributed by atoms with Crippen molar-refractivity contribution in [3.8, 4) is 0 Å². The van der Waals surface area contributed by atoms with Crippen molar-refractivity contribution < 1.29 is 45.5 Å². The van der Waals surface area contributed by atoms with Crippen molar-refractivity contribution in [3.63, 3.8) is 0 Å². The first-order valence-corrected chi connectivity index (χ1v) is 10.9. The van der Waals surface area contributed by atoms with Crippen LogP contribution in [0.4, 0.5) is 26.3 Å². The first-order chi connectivity index (χ1) is 18.1. The maximum absolute atomic E-state index is 13.1. The molecule has 3 rings (SSSR count). The van der Waals surface area contributed by atoms with Gasteiger partial charge in [0.15, 0.2) is 5.78 Å². The molecule has 0 atom stereocenters. The molecule has 0 fully saturated rings. The number of hydrogen-bond acceptors (Lipinski definition) is 6. The van der Waals surface area contributed by atoms with Gasteiger partial charge in [0.2, 0.25) is 5.78 Å². The van der Waals surface area contributed by atoms with Crippen LogP contribution in [0.1, 0.15) is 39.0 Å². The predicted octanol–water partition coefficient (Wildman–Crippen LogP) is 3.46. The van der Waals surface area contributed by atoms with Gasteiger partial charge < -0.3 is 4.74 Å². The second kappa shape index (κ2) is 11.1. The smallest absolute Gasteiger partial charge is 0.416 e. The number of ketones is 2. The van der Waals surface area contributed by atoms with Crippen LogP contribution >= 0.6 is 0 Å². The fourth-order valence-electron chi connectivity index (χ4n) is 3.50. The lowest BCUT2D eigenvalue weighted by atomic mass is 10.1. The Morgan fingerprint density at radius 3 is 1.67 bits per heavy atom. The molecule has 1 aromatic heterocycles. The SMILES string of the molecule is COC(=O)C(=O)CC(=O)c1cn(Cc2ccc(C(F)(F)F)cc2)c(=O)n(Cc2ccc(C(F)(F)F)cc2)c1=O. The normalized spacial score (nSPS) is 11.8. The lowest BCUT2D eigenvalue weighted by Crippen LogP contribution is -2.43. The van der Waals surface area contributed by atoms with Crippen LogP contribution in [0.25, 0.3) is 0 Å². The van der Waals surface area contributed by atoms with Gasteiger partial charge in [0.1, 0.15) is 0 Å². The van der Waals surface area contributed by atoms with E-state index in [1.54, 1.807) is 0 Å². The maximum Gasteiger partial charge on any atom is 0.416 e. The van der Waals surface area contributed by atoms with E-state index in [9.17, 15) is 50.3 Å². The van der Waals surface area contributed by atoms with E-state index in [4.69, 9.17) is 0 Å². The van der Waals surface area contributed by atoms with Crippen LogP contribution in [0, 0.1) is 0 Å². The summed E-state index contributed by atoms with van der Waals surface area (Å²) in [4.78, 5) is 62.1. The highest BCUT2D eigenvalue weighted by Crippen LogP contribution is 2.30. The van der Waals surface area contributed by atoms with Gasteiger partial charge in [0.25, 0.3) is 5.56 Å². The molecule has 0 amide bonds. The highest BCUT2D eigenvalue weighted by molar-refractivity contribution is 6.38. The number of benzene rings is 2. The summed E-state index contributed by atoms with van der Waals surface area (Å²) in [7, 11) is 0.895. The van der Waals surface area contributed by atoms with Crippen LogP contribution in [0.2, 0.25) is 0 Å². The molecule has 0 spiro atoms. The molecule has 206 valence electrons. The van der Waals surface area contributed by atoms with Gasteiger partial charge in [-0.05, 0) is 35.4 Å². The standard InChI is InChI=1S/C25H18F6N2O6/c1-39-22(37)20(35)10-19(34)18-13-32(11-14-2-6-16(7-3-14)24(26,27)28)23(38)33(21(18)36)12-15-4-8-17(9-5-15)25(29,30)31/h2-9,13H,10-12H2,1H3. The Kier molecular flexibility index (Phi) is 8.27. The topological polar surface area (TPSA) is 104 Å². The lowest BCUT2D eigenvalue weighted by molar-refractivity contribution is -0.151. The Hall–Kier alpha value is -4.49. The summed E-state index contributed by atoms with van der Waals surface area (Å²) in [6.07, 6.45) is -9.53. The Morgan fingerprint density at radius 2 is 1.23 bits per heavy atom. The molecule has 0 N–H and O–H groups in total. The molecular weight excluding hydrogens is 538 g/mol. The zero-order valence-corrected chi connectivity index (χ0v) is 19.9. The summed E-state index contributed by atoms with van der Waals surface area (Å²) in [5.74, 6) is -3.79. The second-order valence-corrected chi connectivity index (χ2v) is 8.25. The number of carbonyl (C=O) groups excluding carboxylic acids is 3. The molecule has 0 radical (unpaired) electrons. The van der Waals surface area contributed by atoms with E-state index in [2.05, 4.69) is 4.74 Å². The van der Waals surface area contributed by atoms with Gasteiger partial charge in [0.05, 0.1) is 43.3 Å². The number of carbonyl (C=O) groups is 3. The summed E-state index contributed by atoms with van der Waals surface area (Å²) >= 11 is 0. The Labute approximate surface area is 215 Å². The van der Waals surface area contributed by atoms with Crippen molar-refractivity contribution in [2.24, 2.45) is 0 Å². The third-order valence-electron chi connectivity index (χ3n) is 5.53.